The molecule has 154 valence electrons. The summed E-state index contributed by atoms with van der Waals surface area (Å²) >= 11 is 0. The summed E-state index contributed by atoms with van der Waals surface area (Å²) in [7, 11) is -6.98. The summed E-state index contributed by atoms with van der Waals surface area (Å²) in [6, 6.07) is 10.8. The highest BCUT2D eigenvalue weighted by Gasteiger charge is 2.29. The van der Waals surface area contributed by atoms with E-state index in [-0.39, 0.29) is 27.3 Å². The number of aryl methyl sites for hydroxylation is 1. The Morgan fingerprint density at radius 1 is 1.03 bits per heavy atom. The predicted octanol–water partition coefficient (Wildman–Crippen LogP) is 2.12. The van der Waals surface area contributed by atoms with Crippen molar-refractivity contribution >= 4 is 31.5 Å². The maximum Gasteiger partial charge on any atom is 0.258 e. The van der Waals surface area contributed by atoms with Crippen LogP contribution >= 0.6 is 0 Å². The van der Waals surface area contributed by atoms with Crippen LogP contribution < -0.4 is 9.62 Å². The van der Waals surface area contributed by atoms with Gasteiger partial charge in [0.2, 0.25) is 10.0 Å². The molecule has 1 aliphatic carbocycles. The van der Waals surface area contributed by atoms with Gasteiger partial charge in [0.05, 0.1) is 9.79 Å². The highest BCUT2D eigenvalue weighted by Crippen LogP contribution is 2.31. The molecule has 2 aromatic rings. The summed E-state index contributed by atoms with van der Waals surface area (Å²) in [6.07, 6.45) is 4.20. The van der Waals surface area contributed by atoms with Crippen molar-refractivity contribution in [2.24, 2.45) is 0 Å². The fourth-order valence-corrected chi connectivity index (χ4v) is 5.48. The number of sulfonamides is 1. The molecule has 1 aliphatic heterocycles. The molecule has 2 aliphatic rings. The maximum absolute atomic E-state index is 13.2. The van der Waals surface area contributed by atoms with Crippen LogP contribution in [-0.2, 0) is 26.3 Å². The molecule has 0 unspecified atom stereocenters. The average Bonchev–Trinajstić information content (AvgIpc) is 3.49. The summed E-state index contributed by atoms with van der Waals surface area (Å²) in [5.74, 6) is -0.304. The SMILES string of the molecule is CS(=O)(=O)c1ccc2c(c1)CCCN2C(=O)c1cccc(S(=O)(=O)NC2CC2)c1. The second kappa shape index (κ2) is 7.23. The molecule has 0 aromatic heterocycles. The summed E-state index contributed by atoms with van der Waals surface area (Å²) in [5, 5.41) is 0. The van der Waals surface area contributed by atoms with Crippen LogP contribution in [0.5, 0.6) is 0 Å². The summed E-state index contributed by atoms with van der Waals surface area (Å²) in [4.78, 5) is 15.0. The van der Waals surface area contributed by atoms with Crippen LogP contribution in [0, 0.1) is 0 Å². The van der Waals surface area contributed by atoms with E-state index in [2.05, 4.69) is 4.72 Å². The third kappa shape index (κ3) is 4.22. The number of nitrogens with zero attached hydrogens (tertiary/aromatic N) is 1. The highest BCUT2D eigenvalue weighted by molar-refractivity contribution is 7.90. The van der Waals surface area contributed by atoms with Crippen LogP contribution in [-0.4, -0.2) is 41.6 Å². The van der Waals surface area contributed by atoms with E-state index in [9.17, 15) is 21.6 Å². The number of amides is 1. The number of carbonyl (C=O) groups excluding carboxylic acids is 1. The van der Waals surface area contributed by atoms with Crippen LogP contribution in [0.15, 0.2) is 52.3 Å². The van der Waals surface area contributed by atoms with E-state index in [0.717, 1.165) is 24.7 Å². The zero-order valence-corrected chi connectivity index (χ0v) is 17.6. The number of sulfone groups is 1. The van der Waals surface area contributed by atoms with Gasteiger partial charge in [0, 0.05) is 30.1 Å². The van der Waals surface area contributed by atoms with Gasteiger partial charge in [0.15, 0.2) is 9.84 Å². The minimum Gasteiger partial charge on any atom is -0.308 e. The first-order valence-corrected chi connectivity index (χ1v) is 12.8. The van der Waals surface area contributed by atoms with Gasteiger partial charge >= 0.3 is 0 Å². The maximum atomic E-state index is 13.2. The van der Waals surface area contributed by atoms with E-state index in [4.69, 9.17) is 0 Å². The average molecular weight is 435 g/mol. The van der Waals surface area contributed by atoms with Crippen LogP contribution in [0.2, 0.25) is 0 Å². The van der Waals surface area contributed by atoms with E-state index in [0.29, 0.717) is 25.1 Å². The second-order valence-electron chi connectivity index (χ2n) is 7.55. The van der Waals surface area contributed by atoms with Gasteiger partial charge in [-0.25, -0.2) is 21.6 Å². The van der Waals surface area contributed by atoms with Gasteiger partial charge in [0.25, 0.3) is 5.91 Å². The molecule has 1 heterocycles. The third-order valence-corrected chi connectivity index (χ3v) is 7.76. The molecule has 0 saturated heterocycles. The van der Waals surface area contributed by atoms with Crippen molar-refractivity contribution in [1.29, 1.82) is 0 Å². The molecule has 4 rings (SSSR count). The first-order valence-electron chi connectivity index (χ1n) is 9.42. The smallest absolute Gasteiger partial charge is 0.258 e. The van der Waals surface area contributed by atoms with Gasteiger partial charge in [-0.3, -0.25) is 4.79 Å². The molecule has 2 aromatic carbocycles. The van der Waals surface area contributed by atoms with Crippen molar-refractivity contribution in [1.82, 2.24) is 4.72 Å². The van der Waals surface area contributed by atoms with E-state index in [1.54, 1.807) is 29.2 Å². The molecule has 0 radical (unpaired) electrons. The lowest BCUT2D eigenvalue weighted by Gasteiger charge is -2.30. The summed E-state index contributed by atoms with van der Waals surface area (Å²) < 4.78 is 51.2. The molecule has 1 fully saturated rings. The molecule has 7 nitrogen and oxygen atoms in total. The van der Waals surface area contributed by atoms with Gasteiger partial charge in [0.1, 0.15) is 0 Å². The molecular formula is C20H22N2O5S2. The number of rotatable bonds is 5. The van der Waals surface area contributed by atoms with Crippen molar-refractivity contribution in [3.05, 3.63) is 53.6 Å². The summed E-state index contributed by atoms with van der Waals surface area (Å²) in [6.45, 7) is 0.487. The Bertz CT molecular complexity index is 1190. The number of hydrogen-bond donors (Lipinski definition) is 1. The Morgan fingerprint density at radius 3 is 2.48 bits per heavy atom. The van der Waals surface area contributed by atoms with Crippen LogP contribution in [0.1, 0.15) is 35.2 Å². The standard InChI is InChI=1S/C20H22N2O5S2/c1-28(24,25)17-9-10-19-14(12-17)5-3-11-22(19)20(23)15-4-2-6-18(13-15)29(26,27)21-16-7-8-16/h2,4,6,9-10,12-13,16,21H,3,5,7-8,11H2,1H3. The Morgan fingerprint density at radius 2 is 1.79 bits per heavy atom. The molecule has 0 bridgehead atoms. The van der Waals surface area contributed by atoms with Crippen LogP contribution in [0.3, 0.4) is 0 Å². The van der Waals surface area contributed by atoms with Crippen LogP contribution in [0.25, 0.3) is 0 Å². The lowest BCUT2D eigenvalue weighted by atomic mass is 10.0. The first-order chi connectivity index (χ1) is 13.6. The topological polar surface area (TPSA) is 101 Å². The normalized spacial score (nSPS) is 17.1. The largest absolute Gasteiger partial charge is 0.308 e. The van der Waals surface area contributed by atoms with Crippen molar-refractivity contribution in [2.75, 3.05) is 17.7 Å². The zero-order chi connectivity index (χ0) is 20.8. The minimum absolute atomic E-state index is 0.0163. The Labute approximate surface area is 170 Å². The monoisotopic (exact) mass is 434 g/mol. The Hall–Kier alpha value is -2.23. The van der Waals surface area contributed by atoms with Crippen molar-refractivity contribution in [3.63, 3.8) is 0 Å². The van der Waals surface area contributed by atoms with Crippen molar-refractivity contribution in [3.8, 4) is 0 Å². The molecular weight excluding hydrogens is 412 g/mol. The molecule has 29 heavy (non-hydrogen) atoms. The minimum atomic E-state index is -3.65. The molecule has 0 spiro atoms. The van der Waals surface area contributed by atoms with Gasteiger partial charge < -0.3 is 4.90 Å². The number of hydrogen-bond acceptors (Lipinski definition) is 5. The number of nitrogens with one attached hydrogen (secondary N) is 1. The Kier molecular flexibility index (Phi) is 5.00. The van der Waals surface area contributed by atoms with Crippen LogP contribution in [0.4, 0.5) is 5.69 Å². The molecule has 0 atom stereocenters. The van der Waals surface area contributed by atoms with Gasteiger partial charge in [-0.2, -0.15) is 0 Å². The lowest BCUT2D eigenvalue weighted by molar-refractivity contribution is 0.0985. The summed E-state index contributed by atoms with van der Waals surface area (Å²) in [5.41, 5.74) is 1.74. The fraction of sp³-hybridized carbons (Fsp3) is 0.350. The quantitative estimate of drug-likeness (QED) is 0.777. The van der Waals surface area contributed by atoms with Gasteiger partial charge in [-0.05, 0) is 67.6 Å². The second-order valence-corrected chi connectivity index (χ2v) is 11.3. The number of benzene rings is 2. The van der Waals surface area contributed by atoms with Crippen molar-refractivity contribution in [2.45, 2.75) is 41.5 Å². The highest BCUT2D eigenvalue weighted by atomic mass is 32.2. The number of anilines is 1. The fourth-order valence-electron chi connectivity index (χ4n) is 3.46. The van der Waals surface area contributed by atoms with E-state index in [1.807, 2.05) is 0 Å². The molecule has 9 heteroatoms. The lowest BCUT2D eigenvalue weighted by Crippen LogP contribution is -2.35. The van der Waals surface area contributed by atoms with E-state index < -0.39 is 19.9 Å². The third-order valence-electron chi connectivity index (χ3n) is 5.13. The Balaban J connectivity index is 1.65. The van der Waals surface area contributed by atoms with E-state index in [1.165, 1.54) is 18.2 Å². The van der Waals surface area contributed by atoms with Gasteiger partial charge in [-0.1, -0.05) is 6.07 Å². The molecule has 1 amide bonds. The predicted molar refractivity (Wildman–Crippen MR) is 109 cm³/mol. The van der Waals surface area contributed by atoms with Gasteiger partial charge in [-0.15, -0.1) is 0 Å². The zero-order valence-electron chi connectivity index (χ0n) is 16.0. The molecule has 1 saturated carbocycles. The molecule has 1 N–H and O–H groups in total. The van der Waals surface area contributed by atoms with Crippen molar-refractivity contribution < 1.29 is 21.6 Å². The number of carbonyl (C=O) groups is 1. The first kappa shape index (κ1) is 20.1. The van der Waals surface area contributed by atoms with E-state index >= 15 is 0 Å². The number of fused-ring (bicyclic) bond motifs is 1.